The van der Waals surface area contributed by atoms with Crippen LogP contribution in [0.4, 0.5) is 5.13 Å². The maximum Gasteiger partial charge on any atom is 0.290 e. The number of amidine groups is 1. The number of anilines is 1. The number of nitrogen functional groups attached to an aromatic ring is 1. The minimum absolute atomic E-state index is 0.0464. The molecule has 250 valence electrons. The summed E-state index contributed by atoms with van der Waals surface area (Å²) in [4.78, 5) is 48.8. The molecule has 0 radical (unpaired) electrons. The first-order valence-corrected chi connectivity index (χ1v) is 16.0. The van der Waals surface area contributed by atoms with Crippen molar-refractivity contribution in [2.45, 2.75) is 76.3 Å². The van der Waals surface area contributed by atoms with Crippen molar-refractivity contribution < 1.29 is 37.9 Å². The number of β-lactam (4-membered cyclic amide) rings is 1. The van der Waals surface area contributed by atoms with Crippen LogP contribution < -0.4 is 27.3 Å². The van der Waals surface area contributed by atoms with Gasteiger partial charge in [0.15, 0.2) is 29.3 Å². The molecule has 1 saturated heterocycles. The number of carboxylic acid groups (broad SMARTS) is 1. The van der Waals surface area contributed by atoms with Crippen molar-refractivity contribution in [3.63, 3.8) is 0 Å². The van der Waals surface area contributed by atoms with Gasteiger partial charge in [-0.05, 0) is 82.7 Å². The molecule has 2 aliphatic heterocycles. The summed E-state index contributed by atoms with van der Waals surface area (Å²) in [5.41, 5.74) is 18.8. The molecule has 0 bridgehead atoms. The maximum absolute atomic E-state index is 13.3. The number of hydrogen-bond acceptors (Lipinski definition) is 14. The highest BCUT2D eigenvalue weighted by Crippen LogP contribution is 2.34. The van der Waals surface area contributed by atoms with Gasteiger partial charge in [0, 0.05) is 10.9 Å². The van der Waals surface area contributed by atoms with E-state index in [1.54, 1.807) is 26.2 Å². The summed E-state index contributed by atoms with van der Waals surface area (Å²) in [6, 6.07) is 5.09. The fourth-order valence-electron chi connectivity index (χ4n) is 5.33. The summed E-state index contributed by atoms with van der Waals surface area (Å²) in [5, 5.41) is 16.5. The van der Waals surface area contributed by atoms with Crippen LogP contribution in [0.2, 0.25) is 0 Å². The first-order chi connectivity index (χ1) is 21.9. The van der Waals surface area contributed by atoms with Crippen molar-refractivity contribution >= 4 is 58.6 Å². The number of aliphatic imine (C=N–C) groups is 1. The lowest BCUT2D eigenvalue weighted by atomic mass is 9.81. The number of oxime groups is 1. The van der Waals surface area contributed by atoms with Crippen molar-refractivity contribution in [2.75, 3.05) is 12.3 Å². The van der Waals surface area contributed by atoms with Gasteiger partial charge in [-0.25, -0.2) is 4.98 Å². The van der Waals surface area contributed by atoms with Crippen LogP contribution in [0.5, 0.6) is 5.75 Å². The van der Waals surface area contributed by atoms with E-state index in [0.717, 1.165) is 52.5 Å². The Kier molecular flexibility index (Phi) is 11.4. The number of amides is 2. The number of benzene rings is 1. The van der Waals surface area contributed by atoms with E-state index in [1.165, 1.54) is 0 Å². The molecular formula is C28H38N8O8S2. The molecule has 1 aliphatic carbocycles. The van der Waals surface area contributed by atoms with E-state index in [9.17, 15) is 9.59 Å². The molecule has 3 atom stereocenters. The second-order valence-corrected chi connectivity index (χ2v) is 12.7. The number of hydroxylamine groups is 2. The fraction of sp³-hybridized carbons (Fsp3) is 0.500. The molecule has 16 nitrogen and oxygen atoms in total. The van der Waals surface area contributed by atoms with Crippen molar-refractivity contribution in [2.24, 2.45) is 27.5 Å². The van der Waals surface area contributed by atoms with Gasteiger partial charge in [-0.2, -0.15) is 9.35 Å². The molecule has 3 unspecified atom stereocenters. The third-order valence-corrected chi connectivity index (χ3v) is 8.96. The lowest BCUT2D eigenvalue weighted by Gasteiger charge is -2.50. The van der Waals surface area contributed by atoms with Gasteiger partial charge in [-0.15, -0.1) is 11.3 Å². The molecule has 46 heavy (non-hydrogen) atoms. The van der Waals surface area contributed by atoms with Crippen LogP contribution in [0, 0.1) is 5.92 Å². The topological polar surface area (TPSA) is 250 Å². The van der Waals surface area contributed by atoms with E-state index in [2.05, 4.69) is 20.4 Å². The number of aryl methyl sites for hydroxylation is 1. The number of carbonyl (C=O) groups is 3. The number of nitrogens with zero attached hydrogens (tertiary/aromatic N) is 4. The SMILES string of the molecule is CC(O/N=C(\C(=O)NC1C(=O)N(OSO)C1(C)C)c1csc(N)n1)C1CCc2cc(C(N)=NC3CC(CN)C3)ccc2O1.O=CO. The Morgan fingerprint density at radius 3 is 2.72 bits per heavy atom. The maximum atomic E-state index is 13.3. The number of hydrogen-bond donors (Lipinski definition) is 6. The Morgan fingerprint density at radius 2 is 2.11 bits per heavy atom. The fourth-order valence-corrected chi connectivity index (χ4v) is 6.21. The zero-order valence-electron chi connectivity index (χ0n) is 25.5. The van der Waals surface area contributed by atoms with Crippen LogP contribution in [0.1, 0.15) is 56.9 Å². The minimum atomic E-state index is -0.926. The zero-order chi connectivity index (χ0) is 33.6. The lowest BCUT2D eigenvalue weighted by molar-refractivity contribution is -0.214. The summed E-state index contributed by atoms with van der Waals surface area (Å²) in [6.45, 7) is 5.60. The standard InChI is InChI=1S/C27H36N8O6S2.CH2O2/c1-13(19-6-4-15-10-16(5-7-20(15)39-19)23(29)31-17-8-14(9-17)11-28)40-34-21(18-12-42-26(30)32-18)24(36)33-22-25(37)35(41-43-38)27(22,2)3;2-1-3/h5,7,10,12-14,17,19,22,38H,4,6,8-9,11,28H2,1-3H3,(H2,29,31)(H2,30,32)(H,33,36);1H,(H,2,3)/b34-21-;. The summed E-state index contributed by atoms with van der Waals surface area (Å²) >= 11 is 1.19. The first-order valence-electron chi connectivity index (χ1n) is 14.4. The van der Waals surface area contributed by atoms with Crippen molar-refractivity contribution in [1.82, 2.24) is 15.4 Å². The number of nitrogens with two attached hydrogens (primary N) is 3. The highest BCUT2D eigenvalue weighted by atomic mass is 32.2. The van der Waals surface area contributed by atoms with E-state index in [1.807, 2.05) is 18.2 Å². The number of carbonyl (C=O) groups excluding carboxylic acids is 2. The van der Waals surface area contributed by atoms with Gasteiger partial charge in [-0.3, -0.25) is 19.4 Å². The molecule has 18 heteroatoms. The highest BCUT2D eigenvalue weighted by molar-refractivity contribution is 7.88. The number of aromatic nitrogens is 1. The van der Waals surface area contributed by atoms with Crippen LogP contribution in [0.15, 0.2) is 33.7 Å². The normalized spacial score (nSPS) is 24.2. The van der Waals surface area contributed by atoms with Crippen LogP contribution in [-0.4, -0.2) is 85.9 Å². The van der Waals surface area contributed by atoms with E-state index < -0.39 is 29.5 Å². The Morgan fingerprint density at radius 1 is 1.39 bits per heavy atom. The van der Waals surface area contributed by atoms with Gasteiger partial charge in [-0.1, -0.05) is 5.16 Å². The van der Waals surface area contributed by atoms with Gasteiger partial charge in [0.25, 0.3) is 18.3 Å². The highest BCUT2D eigenvalue weighted by Gasteiger charge is 2.57. The second-order valence-electron chi connectivity index (χ2n) is 11.5. The van der Waals surface area contributed by atoms with Gasteiger partial charge >= 0.3 is 0 Å². The van der Waals surface area contributed by atoms with Crippen molar-refractivity contribution in [3.8, 4) is 5.75 Å². The molecule has 3 aliphatic rings. The summed E-state index contributed by atoms with van der Waals surface area (Å²) < 4.78 is 20.1. The molecule has 2 amide bonds. The van der Waals surface area contributed by atoms with E-state index in [0.29, 0.717) is 24.7 Å². The number of ether oxygens (including phenoxy) is 1. The molecule has 1 aromatic carbocycles. The first kappa shape index (κ1) is 34.9. The van der Waals surface area contributed by atoms with Crippen LogP contribution in [0.3, 0.4) is 0 Å². The van der Waals surface area contributed by atoms with Gasteiger partial charge < -0.3 is 41.8 Å². The minimum Gasteiger partial charge on any atom is -0.486 e. The third-order valence-electron chi connectivity index (χ3n) is 8.07. The predicted molar refractivity (Wildman–Crippen MR) is 172 cm³/mol. The van der Waals surface area contributed by atoms with Crippen molar-refractivity contribution in [1.29, 1.82) is 0 Å². The Balaban J connectivity index is 0.00000154. The van der Waals surface area contributed by atoms with Crippen LogP contribution >= 0.6 is 23.7 Å². The summed E-state index contributed by atoms with van der Waals surface area (Å²) in [7, 11) is 0. The molecule has 5 rings (SSSR count). The molecule has 0 spiro atoms. The molecule has 9 N–H and O–H groups in total. The second kappa shape index (κ2) is 15.1. The number of thiazole rings is 1. The molecule has 1 aromatic heterocycles. The largest absolute Gasteiger partial charge is 0.486 e. The molecule has 1 saturated carbocycles. The van der Waals surface area contributed by atoms with Gasteiger partial charge in [0.2, 0.25) is 0 Å². The number of fused-ring (bicyclic) bond motifs is 1. The number of rotatable bonds is 11. The van der Waals surface area contributed by atoms with Crippen LogP contribution in [-0.2, 0) is 29.9 Å². The number of nitrogens with one attached hydrogen (secondary N) is 1. The lowest BCUT2D eigenvalue weighted by Crippen LogP contribution is -2.76. The molecule has 3 heterocycles. The van der Waals surface area contributed by atoms with Crippen molar-refractivity contribution in [3.05, 3.63) is 40.4 Å². The molecule has 2 aromatic rings. The molecule has 2 fully saturated rings. The Hall–Kier alpha value is -3.97. The predicted octanol–water partition coefficient (Wildman–Crippen LogP) is 1.53. The molecular weight excluding hydrogens is 640 g/mol. The Labute approximate surface area is 273 Å². The van der Waals surface area contributed by atoms with Gasteiger partial charge in [0.05, 0.1) is 11.6 Å². The summed E-state index contributed by atoms with van der Waals surface area (Å²) in [6.07, 6.45) is 2.46. The average molecular weight is 679 g/mol. The van der Waals surface area contributed by atoms with E-state index >= 15 is 0 Å². The zero-order valence-corrected chi connectivity index (χ0v) is 27.1. The third kappa shape index (κ3) is 7.69. The van der Waals surface area contributed by atoms with Gasteiger partial charge in [0.1, 0.15) is 29.4 Å². The Bertz CT molecular complexity index is 1480. The summed E-state index contributed by atoms with van der Waals surface area (Å²) in [5.74, 6) is 0.570. The smallest absolute Gasteiger partial charge is 0.290 e. The van der Waals surface area contributed by atoms with E-state index in [4.69, 9.17) is 45.5 Å². The van der Waals surface area contributed by atoms with E-state index in [-0.39, 0.29) is 47.5 Å². The monoisotopic (exact) mass is 678 g/mol. The quantitative estimate of drug-likeness (QED) is 0.0493. The van der Waals surface area contributed by atoms with Crippen LogP contribution in [0.25, 0.3) is 0 Å². The average Bonchev–Trinajstić information content (AvgIpc) is 3.45.